The molecule has 14 heavy (non-hydrogen) atoms. The molecule has 0 N–H and O–H groups in total. The first-order valence-corrected chi connectivity index (χ1v) is 5.04. The van der Waals surface area contributed by atoms with E-state index < -0.39 is 0 Å². The zero-order chi connectivity index (χ0) is 9.97. The molecule has 0 spiro atoms. The molecular weight excluding hydrogens is 179 g/mol. The first-order chi connectivity index (χ1) is 6.75. The molecule has 0 aromatic heterocycles. The number of ketones is 1. The molecule has 0 bridgehead atoms. The van der Waals surface area contributed by atoms with Crippen LogP contribution in [-0.4, -0.2) is 5.78 Å². The van der Waals surface area contributed by atoms with Crippen molar-refractivity contribution < 1.29 is 9.18 Å². The normalized spacial score (nSPS) is 15.5. The lowest BCUT2D eigenvalue weighted by Crippen LogP contribution is -1.99. The van der Waals surface area contributed by atoms with Gasteiger partial charge in [0.05, 0.1) is 0 Å². The molecule has 2 rings (SSSR count). The van der Waals surface area contributed by atoms with Gasteiger partial charge < -0.3 is 0 Å². The van der Waals surface area contributed by atoms with Crippen molar-refractivity contribution in [3.05, 3.63) is 35.6 Å². The maximum absolute atomic E-state index is 12.6. The van der Waals surface area contributed by atoms with Crippen LogP contribution >= 0.6 is 0 Å². The third-order valence-corrected chi connectivity index (χ3v) is 2.64. The summed E-state index contributed by atoms with van der Waals surface area (Å²) in [4.78, 5) is 11.6. The Kier molecular flexibility index (Phi) is 2.62. The van der Waals surface area contributed by atoms with Gasteiger partial charge in [-0.2, -0.15) is 0 Å². The van der Waals surface area contributed by atoms with Crippen molar-refractivity contribution in [2.75, 3.05) is 0 Å². The molecule has 1 aliphatic rings. The SMILES string of the molecule is O=C(CCC1CC1)c1ccc(F)cc1. The molecule has 0 amide bonds. The minimum absolute atomic E-state index is 0.136. The molecule has 0 heterocycles. The summed E-state index contributed by atoms with van der Waals surface area (Å²) < 4.78 is 12.6. The minimum atomic E-state index is -0.288. The third kappa shape index (κ3) is 2.41. The molecule has 1 nitrogen and oxygen atoms in total. The standard InChI is InChI=1S/C12H13FO/c13-11-6-4-10(5-7-11)12(14)8-3-9-1-2-9/h4-7,9H,1-3,8H2. The lowest BCUT2D eigenvalue weighted by Gasteiger charge is -1.99. The molecule has 0 aliphatic heterocycles. The molecule has 0 atom stereocenters. The number of halogens is 1. The fraction of sp³-hybridized carbons (Fsp3) is 0.417. The van der Waals surface area contributed by atoms with Crippen molar-refractivity contribution in [2.24, 2.45) is 5.92 Å². The van der Waals surface area contributed by atoms with E-state index in [-0.39, 0.29) is 11.6 Å². The van der Waals surface area contributed by atoms with Crippen molar-refractivity contribution in [3.63, 3.8) is 0 Å². The fourth-order valence-electron chi connectivity index (χ4n) is 1.52. The van der Waals surface area contributed by atoms with Gasteiger partial charge in [0, 0.05) is 12.0 Å². The van der Waals surface area contributed by atoms with Crippen LogP contribution in [0.25, 0.3) is 0 Å². The Bertz CT molecular complexity index is 325. The van der Waals surface area contributed by atoms with Crippen LogP contribution in [0.15, 0.2) is 24.3 Å². The molecule has 74 valence electrons. The number of carbonyl (C=O) groups excluding carboxylic acids is 1. The van der Waals surface area contributed by atoms with E-state index >= 15 is 0 Å². The van der Waals surface area contributed by atoms with Crippen LogP contribution in [0.5, 0.6) is 0 Å². The average molecular weight is 192 g/mol. The summed E-state index contributed by atoms with van der Waals surface area (Å²) in [6.45, 7) is 0. The van der Waals surface area contributed by atoms with Crippen molar-refractivity contribution in [2.45, 2.75) is 25.7 Å². The van der Waals surface area contributed by atoms with Gasteiger partial charge in [-0.25, -0.2) is 4.39 Å². The Balaban J connectivity index is 1.92. The minimum Gasteiger partial charge on any atom is -0.294 e. The second-order valence-corrected chi connectivity index (χ2v) is 3.91. The van der Waals surface area contributed by atoms with Crippen LogP contribution in [0.2, 0.25) is 0 Å². The Hall–Kier alpha value is -1.18. The number of hydrogen-bond acceptors (Lipinski definition) is 1. The van der Waals surface area contributed by atoms with E-state index in [1.54, 1.807) is 12.1 Å². The molecule has 1 aromatic carbocycles. The molecule has 2 heteroatoms. The number of benzene rings is 1. The summed E-state index contributed by atoms with van der Waals surface area (Å²) in [5.74, 6) is 0.625. The largest absolute Gasteiger partial charge is 0.294 e. The molecule has 1 saturated carbocycles. The quantitative estimate of drug-likeness (QED) is 0.669. The molecule has 1 aromatic rings. The van der Waals surface area contributed by atoms with E-state index in [0.717, 1.165) is 12.3 Å². The van der Waals surface area contributed by atoms with E-state index in [4.69, 9.17) is 0 Å². The van der Waals surface area contributed by atoms with Crippen molar-refractivity contribution in [3.8, 4) is 0 Å². The average Bonchev–Trinajstić information content (AvgIpc) is 2.99. The lowest BCUT2D eigenvalue weighted by atomic mass is 10.1. The molecular formula is C12H13FO. The maximum atomic E-state index is 12.6. The van der Waals surface area contributed by atoms with Crippen LogP contribution in [0.3, 0.4) is 0 Å². The first kappa shape index (κ1) is 9.38. The van der Waals surface area contributed by atoms with Gasteiger partial charge in [-0.1, -0.05) is 12.8 Å². The van der Waals surface area contributed by atoms with Gasteiger partial charge >= 0.3 is 0 Å². The van der Waals surface area contributed by atoms with E-state index in [2.05, 4.69) is 0 Å². The number of carbonyl (C=O) groups is 1. The summed E-state index contributed by atoms with van der Waals surface area (Å²) in [6, 6.07) is 5.80. The Labute approximate surface area is 82.9 Å². The van der Waals surface area contributed by atoms with Gasteiger partial charge in [0.2, 0.25) is 0 Å². The predicted molar refractivity (Wildman–Crippen MR) is 52.7 cm³/mol. The van der Waals surface area contributed by atoms with Gasteiger partial charge in [-0.3, -0.25) is 4.79 Å². The number of rotatable bonds is 4. The van der Waals surface area contributed by atoms with Crippen molar-refractivity contribution in [1.82, 2.24) is 0 Å². The lowest BCUT2D eigenvalue weighted by molar-refractivity contribution is 0.0978. The predicted octanol–water partition coefficient (Wildman–Crippen LogP) is 3.20. The van der Waals surface area contributed by atoms with Crippen LogP contribution < -0.4 is 0 Å². The highest BCUT2D eigenvalue weighted by molar-refractivity contribution is 5.95. The Morgan fingerprint density at radius 1 is 1.29 bits per heavy atom. The van der Waals surface area contributed by atoms with Gasteiger partial charge in [0.25, 0.3) is 0 Å². The second kappa shape index (κ2) is 3.91. The maximum Gasteiger partial charge on any atom is 0.162 e. The summed E-state index contributed by atoms with van der Waals surface area (Å²) in [5.41, 5.74) is 0.632. The Morgan fingerprint density at radius 2 is 1.93 bits per heavy atom. The van der Waals surface area contributed by atoms with E-state index in [1.807, 2.05) is 0 Å². The summed E-state index contributed by atoms with van der Waals surface area (Å²) in [6.07, 6.45) is 4.15. The first-order valence-electron chi connectivity index (χ1n) is 5.04. The van der Waals surface area contributed by atoms with Crippen LogP contribution in [0, 0.1) is 11.7 Å². The fourth-order valence-corrected chi connectivity index (χ4v) is 1.52. The number of hydrogen-bond donors (Lipinski definition) is 0. The highest BCUT2D eigenvalue weighted by atomic mass is 19.1. The summed E-state index contributed by atoms with van der Waals surface area (Å²) in [5, 5.41) is 0. The van der Waals surface area contributed by atoms with Crippen molar-refractivity contribution >= 4 is 5.78 Å². The van der Waals surface area contributed by atoms with E-state index in [0.29, 0.717) is 12.0 Å². The molecule has 1 fully saturated rings. The smallest absolute Gasteiger partial charge is 0.162 e. The highest BCUT2D eigenvalue weighted by Gasteiger charge is 2.22. The summed E-state index contributed by atoms with van der Waals surface area (Å²) >= 11 is 0. The monoisotopic (exact) mass is 192 g/mol. The highest BCUT2D eigenvalue weighted by Crippen LogP contribution is 2.33. The van der Waals surface area contributed by atoms with Crippen LogP contribution in [0.4, 0.5) is 4.39 Å². The van der Waals surface area contributed by atoms with Gasteiger partial charge in [-0.15, -0.1) is 0 Å². The molecule has 0 radical (unpaired) electrons. The topological polar surface area (TPSA) is 17.1 Å². The third-order valence-electron chi connectivity index (χ3n) is 2.64. The Morgan fingerprint density at radius 3 is 2.50 bits per heavy atom. The van der Waals surface area contributed by atoms with Gasteiger partial charge in [-0.05, 0) is 36.6 Å². The number of Topliss-reactive ketones (excluding diaryl/α,β-unsaturated/α-hetero) is 1. The van der Waals surface area contributed by atoms with Gasteiger partial charge in [0.15, 0.2) is 5.78 Å². The second-order valence-electron chi connectivity index (χ2n) is 3.91. The molecule has 1 aliphatic carbocycles. The molecule has 0 unspecified atom stereocenters. The zero-order valence-corrected chi connectivity index (χ0v) is 8.00. The van der Waals surface area contributed by atoms with Crippen LogP contribution in [-0.2, 0) is 0 Å². The van der Waals surface area contributed by atoms with E-state index in [9.17, 15) is 9.18 Å². The summed E-state index contributed by atoms with van der Waals surface area (Å²) in [7, 11) is 0. The molecule has 0 saturated heterocycles. The van der Waals surface area contributed by atoms with Gasteiger partial charge in [0.1, 0.15) is 5.82 Å². The van der Waals surface area contributed by atoms with Crippen LogP contribution in [0.1, 0.15) is 36.0 Å². The zero-order valence-electron chi connectivity index (χ0n) is 8.00. The van der Waals surface area contributed by atoms with E-state index in [1.165, 1.54) is 25.0 Å². The van der Waals surface area contributed by atoms with Crippen molar-refractivity contribution in [1.29, 1.82) is 0 Å².